The maximum absolute atomic E-state index is 12.6. The number of pyridine rings is 1. The summed E-state index contributed by atoms with van der Waals surface area (Å²) in [4.78, 5) is 18.3. The zero-order valence-corrected chi connectivity index (χ0v) is 16.3. The number of nitrogens with zero attached hydrogens (tertiary/aromatic N) is 4. The van der Waals surface area contributed by atoms with Crippen LogP contribution in [0.1, 0.15) is 52.8 Å². The highest BCUT2D eigenvalue weighted by atomic mass is 16.2. The molecule has 6 heteroatoms. The number of hydrogen-bond donors (Lipinski definition) is 1. The van der Waals surface area contributed by atoms with E-state index in [9.17, 15) is 4.79 Å². The number of aromatic nitrogens is 3. The first-order chi connectivity index (χ1) is 11.5. The normalized spacial score (nSPS) is 12.1. The van der Waals surface area contributed by atoms with Crippen molar-refractivity contribution < 1.29 is 4.79 Å². The van der Waals surface area contributed by atoms with Crippen molar-refractivity contribution in [3.8, 4) is 0 Å². The summed E-state index contributed by atoms with van der Waals surface area (Å²) >= 11 is 0. The summed E-state index contributed by atoms with van der Waals surface area (Å²) in [6.07, 6.45) is 3.46. The molecule has 2 amide bonds. The lowest BCUT2D eigenvalue weighted by atomic mass is 9.92. The summed E-state index contributed by atoms with van der Waals surface area (Å²) < 4.78 is 1.88. The second-order valence-corrected chi connectivity index (χ2v) is 8.39. The molecule has 1 N–H and O–H groups in total. The van der Waals surface area contributed by atoms with Gasteiger partial charge in [-0.05, 0) is 38.5 Å². The number of carbonyl (C=O) groups is 1. The van der Waals surface area contributed by atoms with Crippen LogP contribution in [0.2, 0.25) is 0 Å². The van der Waals surface area contributed by atoms with Crippen molar-refractivity contribution in [2.45, 2.75) is 59.0 Å². The largest absolute Gasteiger partial charge is 0.323 e. The Balaban J connectivity index is 2.20. The maximum Gasteiger partial charge on any atom is 0.323 e. The van der Waals surface area contributed by atoms with Crippen molar-refractivity contribution in [1.82, 2.24) is 19.7 Å². The van der Waals surface area contributed by atoms with Crippen molar-refractivity contribution >= 4 is 11.8 Å². The molecule has 136 valence electrons. The van der Waals surface area contributed by atoms with Gasteiger partial charge in [-0.15, -0.1) is 0 Å². The molecule has 25 heavy (non-hydrogen) atoms. The Hall–Kier alpha value is -2.37. The highest BCUT2D eigenvalue weighted by molar-refractivity contribution is 5.88. The number of carbonyl (C=O) groups excluding carboxylic acids is 1. The number of hydrogen-bond acceptors (Lipinski definition) is 3. The second kappa shape index (κ2) is 6.86. The standard InChI is InChI=1S/C19H29N5O/c1-18(2,3)15-12-16(24(22-15)19(4,5)6)21-17(25)23(7)13-14-8-10-20-11-9-14/h8-12H,13H2,1-7H3,(H,21,25). The van der Waals surface area contributed by atoms with Crippen molar-refractivity contribution in [2.24, 2.45) is 0 Å². The molecule has 0 bridgehead atoms. The van der Waals surface area contributed by atoms with E-state index in [0.29, 0.717) is 12.4 Å². The second-order valence-electron chi connectivity index (χ2n) is 8.39. The molecule has 2 aromatic rings. The van der Waals surface area contributed by atoms with Crippen LogP contribution in [0.4, 0.5) is 10.6 Å². The average Bonchev–Trinajstić information content (AvgIpc) is 2.92. The van der Waals surface area contributed by atoms with E-state index in [1.807, 2.05) is 22.9 Å². The third-order valence-electron chi connectivity index (χ3n) is 3.86. The molecule has 0 aromatic carbocycles. The summed E-state index contributed by atoms with van der Waals surface area (Å²) in [5.74, 6) is 0.712. The predicted octanol–water partition coefficient (Wildman–Crippen LogP) is 3.99. The van der Waals surface area contributed by atoms with Gasteiger partial charge in [-0.3, -0.25) is 10.3 Å². The molecule has 0 unspecified atom stereocenters. The number of anilines is 1. The van der Waals surface area contributed by atoms with Crippen molar-refractivity contribution in [1.29, 1.82) is 0 Å². The van der Waals surface area contributed by atoms with E-state index < -0.39 is 0 Å². The lowest BCUT2D eigenvalue weighted by Crippen LogP contribution is -2.33. The third kappa shape index (κ3) is 4.81. The predicted molar refractivity (Wildman–Crippen MR) is 101 cm³/mol. The van der Waals surface area contributed by atoms with Gasteiger partial charge >= 0.3 is 6.03 Å². The summed E-state index contributed by atoms with van der Waals surface area (Å²) in [5, 5.41) is 7.73. The smallest absolute Gasteiger partial charge is 0.323 e. The van der Waals surface area contributed by atoms with Gasteiger partial charge in [-0.25, -0.2) is 9.48 Å². The Morgan fingerprint density at radius 1 is 1.16 bits per heavy atom. The molecule has 0 saturated heterocycles. The topological polar surface area (TPSA) is 63.1 Å². The van der Waals surface area contributed by atoms with Gasteiger partial charge in [0.05, 0.1) is 11.2 Å². The molecule has 0 aliphatic heterocycles. The van der Waals surface area contributed by atoms with Gasteiger partial charge in [0.2, 0.25) is 0 Å². The molecule has 0 fully saturated rings. The quantitative estimate of drug-likeness (QED) is 0.916. The van der Waals surface area contributed by atoms with Crippen molar-refractivity contribution in [3.63, 3.8) is 0 Å². The Labute approximate surface area is 150 Å². The van der Waals surface area contributed by atoms with Crippen LogP contribution in [-0.2, 0) is 17.5 Å². The Morgan fingerprint density at radius 3 is 2.28 bits per heavy atom. The summed E-state index contributed by atoms with van der Waals surface area (Å²) in [6, 6.07) is 5.60. The van der Waals surface area contributed by atoms with Gasteiger partial charge in [-0.1, -0.05) is 20.8 Å². The Bertz CT molecular complexity index is 723. The zero-order chi connectivity index (χ0) is 18.8. The number of nitrogens with one attached hydrogen (secondary N) is 1. The van der Waals surface area contributed by atoms with Gasteiger partial charge in [-0.2, -0.15) is 5.10 Å². The van der Waals surface area contributed by atoms with Crippen molar-refractivity contribution in [3.05, 3.63) is 41.9 Å². The van der Waals surface area contributed by atoms with E-state index in [2.05, 4.69) is 51.8 Å². The minimum absolute atomic E-state index is 0.0844. The van der Waals surface area contributed by atoms with Crippen LogP contribution in [0.3, 0.4) is 0 Å². The average molecular weight is 343 g/mol. The molecule has 2 heterocycles. The number of amides is 2. The molecule has 0 saturated carbocycles. The number of urea groups is 1. The van der Waals surface area contributed by atoms with Gasteiger partial charge in [0.15, 0.2) is 0 Å². The first-order valence-corrected chi connectivity index (χ1v) is 8.50. The molecule has 2 rings (SSSR count). The first kappa shape index (κ1) is 19.0. The molecule has 0 aliphatic rings. The lowest BCUT2D eigenvalue weighted by molar-refractivity contribution is 0.220. The summed E-state index contributed by atoms with van der Waals surface area (Å²) in [7, 11) is 1.78. The summed E-state index contributed by atoms with van der Waals surface area (Å²) in [5.41, 5.74) is 1.68. The van der Waals surface area contributed by atoms with E-state index in [-0.39, 0.29) is 17.0 Å². The Kier molecular flexibility index (Phi) is 5.20. The fraction of sp³-hybridized carbons (Fsp3) is 0.526. The molecule has 0 spiro atoms. The zero-order valence-electron chi connectivity index (χ0n) is 16.3. The van der Waals surface area contributed by atoms with E-state index in [4.69, 9.17) is 5.10 Å². The maximum atomic E-state index is 12.6. The van der Waals surface area contributed by atoms with Crippen LogP contribution in [0.15, 0.2) is 30.6 Å². The molecular weight excluding hydrogens is 314 g/mol. The summed E-state index contributed by atoms with van der Waals surface area (Å²) in [6.45, 7) is 13.1. The van der Waals surface area contributed by atoms with Gasteiger partial charge in [0.25, 0.3) is 0 Å². The van der Waals surface area contributed by atoms with Crippen LogP contribution >= 0.6 is 0 Å². The molecular formula is C19H29N5O. The molecule has 2 aromatic heterocycles. The lowest BCUT2D eigenvalue weighted by Gasteiger charge is -2.24. The van der Waals surface area contributed by atoms with Crippen LogP contribution in [0.5, 0.6) is 0 Å². The highest BCUT2D eigenvalue weighted by Crippen LogP contribution is 2.28. The van der Waals surface area contributed by atoms with Crippen LogP contribution < -0.4 is 5.32 Å². The van der Waals surface area contributed by atoms with E-state index >= 15 is 0 Å². The van der Waals surface area contributed by atoms with Crippen molar-refractivity contribution in [2.75, 3.05) is 12.4 Å². The first-order valence-electron chi connectivity index (χ1n) is 8.50. The molecule has 0 radical (unpaired) electrons. The van der Waals surface area contributed by atoms with Crippen LogP contribution in [0, 0.1) is 0 Å². The fourth-order valence-corrected chi connectivity index (χ4v) is 2.39. The van der Waals surface area contributed by atoms with Crippen LogP contribution in [0.25, 0.3) is 0 Å². The monoisotopic (exact) mass is 343 g/mol. The molecule has 6 nitrogen and oxygen atoms in total. The van der Waals surface area contributed by atoms with E-state index in [0.717, 1.165) is 11.3 Å². The van der Waals surface area contributed by atoms with Gasteiger partial charge < -0.3 is 4.90 Å². The Morgan fingerprint density at radius 2 is 1.76 bits per heavy atom. The number of rotatable bonds is 3. The van der Waals surface area contributed by atoms with Gasteiger partial charge in [0.1, 0.15) is 5.82 Å². The van der Waals surface area contributed by atoms with E-state index in [1.54, 1.807) is 24.3 Å². The highest BCUT2D eigenvalue weighted by Gasteiger charge is 2.26. The molecule has 0 aliphatic carbocycles. The van der Waals surface area contributed by atoms with E-state index in [1.165, 1.54) is 0 Å². The van der Waals surface area contributed by atoms with Crippen LogP contribution in [-0.4, -0.2) is 32.7 Å². The third-order valence-corrected chi connectivity index (χ3v) is 3.86. The SMILES string of the molecule is CN(Cc1ccncc1)C(=O)Nc1cc(C(C)(C)C)nn1C(C)(C)C. The fourth-order valence-electron chi connectivity index (χ4n) is 2.39. The van der Waals surface area contributed by atoms with Gasteiger partial charge in [0, 0.05) is 37.5 Å². The molecule has 0 atom stereocenters. The minimum Gasteiger partial charge on any atom is -0.323 e. The minimum atomic E-state index is -0.226.